The first-order valence-corrected chi connectivity index (χ1v) is 11.6. The fourth-order valence-electron chi connectivity index (χ4n) is 5.29. The molecule has 6 rings (SSSR count). The van der Waals surface area contributed by atoms with Crippen LogP contribution in [0.3, 0.4) is 0 Å². The van der Waals surface area contributed by atoms with E-state index in [9.17, 15) is 9.59 Å². The Morgan fingerprint density at radius 2 is 1.88 bits per heavy atom. The molecule has 0 bridgehead atoms. The molecule has 4 aromatic rings. The lowest BCUT2D eigenvalue weighted by molar-refractivity contribution is 0.0294. The van der Waals surface area contributed by atoms with Crippen LogP contribution < -0.4 is 5.56 Å². The third kappa shape index (κ3) is 3.59. The van der Waals surface area contributed by atoms with E-state index in [0.29, 0.717) is 27.4 Å². The van der Waals surface area contributed by atoms with E-state index < -0.39 is 0 Å². The van der Waals surface area contributed by atoms with Gasteiger partial charge in [-0.05, 0) is 62.0 Å². The Morgan fingerprint density at radius 3 is 2.65 bits per heavy atom. The topological polar surface area (TPSA) is 87.1 Å². The highest BCUT2D eigenvalue weighted by atomic mass is 35.5. The Balaban J connectivity index is 1.22. The molecule has 2 fully saturated rings. The molecule has 0 unspecified atom stereocenters. The molecule has 2 aromatic heterocycles. The van der Waals surface area contributed by atoms with Crippen molar-refractivity contribution in [3.8, 4) is 16.9 Å². The highest BCUT2D eigenvalue weighted by Crippen LogP contribution is 2.39. The second-order valence-electron chi connectivity index (χ2n) is 9.49. The summed E-state index contributed by atoms with van der Waals surface area (Å²) in [6, 6.07) is 14.4. The van der Waals surface area contributed by atoms with Crippen molar-refractivity contribution in [2.24, 2.45) is 5.41 Å². The van der Waals surface area contributed by atoms with E-state index in [0.717, 1.165) is 43.7 Å². The van der Waals surface area contributed by atoms with Crippen molar-refractivity contribution in [1.82, 2.24) is 29.8 Å². The summed E-state index contributed by atoms with van der Waals surface area (Å²) in [7, 11) is 2.12. The first-order valence-electron chi connectivity index (χ1n) is 11.2. The molecular formula is C25H23ClN6O2. The van der Waals surface area contributed by atoms with E-state index in [-0.39, 0.29) is 16.9 Å². The van der Waals surface area contributed by atoms with Crippen LogP contribution in [-0.2, 0) is 0 Å². The maximum atomic E-state index is 13.0. The monoisotopic (exact) mass is 474 g/mol. The number of aromatic nitrogens is 4. The first kappa shape index (κ1) is 21.1. The predicted octanol–water partition coefficient (Wildman–Crippen LogP) is 3.21. The van der Waals surface area contributed by atoms with Crippen LogP contribution in [0.2, 0.25) is 5.02 Å². The van der Waals surface area contributed by atoms with Gasteiger partial charge in [0.15, 0.2) is 0 Å². The molecule has 2 aliphatic rings. The Kier molecular flexibility index (Phi) is 4.82. The van der Waals surface area contributed by atoms with Gasteiger partial charge in [0.25, 0.3) is 11.5 Å². The smallest absolute Gasteiger partial charge is 0.258 e. The van der Waals surface area contributed by atoms with E-state index in [1.165, 1.54) is 0 Å². The summed E-state index contributed by atoms with van der Waals surface area (Å²) in [5.74, 6) is 0.0682. The number of nitrogens with zero attached hydrogens (tertiary/aromatic N) is 5. The molecule has 0 atom stereocenters. The summed E-state index contributed by atoms with van der Waals surface area (Å²) in [5.41, 5.74) is 3.04. The lowest BCUT2D eigenvalue weighted by Gasteiger charge is -2.46. The summed E-state index contributed by atoms with van der Waals surface area (Å²) in [4.78, 5) is 32.7. The van der Waals surface area contributed by atoms with E-state index in [4.69, 9.17) is 11.6 Å². The van der Waals surface area contributed by atoms with Gasteiger partial charge in [-0.25, -0.2) is 4.68 Å². The lowest BCUT2D eigenvalue weighted by atomic mass is 9.79. The SMILES string of the molecule is CN1CC2(CCN(C(=O)c3ccc(-n4cc(-c5cc6cc(Cl)ccc6[nH]c5=O)nn4)cc3)C2)C1. The molecule has 2 aromatic carbocycles. The maximum absolute atomic E-state index is 13.0. The number of carbonyl (C=O) groups excluding carboxylic acids is 1. The fourth-order valence-corrected chi connectivity index (χ4v) is 5.47. The second kappa shape index (κ2) is 7.78. The Bertz CT molecular complexity index is 1470. The van der Waals surface area contributed by atoms with E-state index >= 15 is 0 Å². The van der Waals surface area contributed by atoms with Crippen molar-refractivity contribution in [2.75, 3.05) is 33.2 Å². The van der Waals surface area contributed by atoms with Gasteiger partial charge in [0, 0.05) is 53.1 Å². The summed E-state index contributed by atoms with van der Waals surface area (Å²) in [5, 5.41) is 9.79. The molecule has 1 amide bonds. The molecular weight excluding hydrogens is 452 g/mol. The second-order valence-corrected chi connectivity index (χ2v) is 9.92. The molecule has 172 valence electrons. The van der Waals surface area contributed by atoms with Crippen molar-refractivity contribution in [3.63, 3.8) is 0 Å². The zero-order valence-electron chi connectivity index (χ0n) is 18.7. The minimum atomic E-state index is -0.246. The standard InChI is InChI=1S/C25H23ClN6O2/c1-30-13-25(14-30)8-9-31(15-25)24(34)16-2-5-19(6-3-16)32-12-22(28-29-32)20-11-17-10-18(26)4-7-21(17)27-23(20)33/h2-7,10-12H,8-9,13-15H2,1H3,(H,27,33). The largest absolute Gasteiger partial charge is 0.338 e. The number of fused-ring (bicyclic) bond motifs is 1. The Labute approximate surface area is 200 Å². The number of rotatable bonds is 3. The summed E-state index contributed by atoms with van der Waals surface area (Å²) >= 11 is 6.09. The van der Waals surface area contributed by atoms with Crippen molar-refractivity contribution < 1.29 is 4.79 Å². The van der Waals surface area contributed by atoms with Crippen LogP contribution >= 0.6 is 11.6 Å². The van der Waals surface area contributed by atoms with Crippen molar-refractivity contribution in [3.05, 3.63) is 75.7 Å². The molecule has 0 aliphatic carbocycles. The average Bonchev–Trinajstić information content (AvgIpc) is 3.47. The average molecular weight is 475 g/mol. The first-order chi connectivity index (χ1) is 16.4. The third-order valence-corrected chi connectivity index (χ3v) is 7.13. The molecule has 1 spiro atoms. The number of hydrogen-bond acceptors (Lipinski definition) is 5. The van der Waals surface area contributed by atoms with Gasteiger partial charge in [0.05, 0.1) is 17.4 Å². The van der Waals surface area contributed by atoms with Crippen LogP contribution in [0.15, 0.2) is 59.5 Å². The molecule has 2 aliphatic heterocycles. The summed E-state index contributed by atoms with van der Waals surface area (Å²) < 4.78 is 1.60. The minimum absolute atomic E-state index is 0.0682. The Hall–Kier alpha value is -3.49. The number of benzene rings is 2. The number of aromatic amines is 1. The molecule has 1 N–H and O–H groups in total. The lowest BCUT2D eigenvalue weighted by Crippen LogP contribution is -2.55. The molecule has 34 heavy (non-hydrogen) atoms. The number of amides is 1. The number of likely N-dealkylation sites (tertiary alicyclic amines) is 2. The van der Waals surface area contributed by atoms with Crippen LogP contribution in [0.5, 0.6) is 0 Å². The molecule has 0 saturated carbocycles. The zero-order valence-corrected chi connectivity index (χ0v) is 19.4. The molecule has 8 nitrogen and oxygen atoms in total. The van der Waals surface area contributed by atoms with Crippen LogP contribution in [0.25, 0.3) is 27.8 Å². The number of pyridine rings is 1. The Morgan fingerprint density at radius 1 is 1.09 bits per heavy atom. The van der Waals surface area contributed by atoms with Crippen molar-refractivity contribution in [2.45, 2.75) is 6.42 Å². The molecule has 0 radical (unpaired) electrons. The van der Waals surface area contributed by atoms with Gasteiger partial charge in [-0.2, -0.15) is 0 Å². The van der Waals surface area contributed by atoms with E-state index in [1.54, 1.807) is 35.1 Å². The van der Waals surface area contributed by atoms with Crippen LogP contribution in [0.4, 0.5) is 0 Å². The van der Waals surface area contributed by atoms with Crippen LogP contribution in [0.1, 0.15) is 16.8 Å². The third-order valence-electron chi connectivity index (χ3n) is 6.89. The number of halogens is 1. The number of nitrogens with one attached hydrogen (secondary N) is 1. The van der Waals surface area contributed by atoms with Gasteiger partial charge >= 0.3 is 0 Å². The number of hydrogen-bond donors (Lipinski definition) is 1. The molecule has 4 heterocycles. The summed E-state index contributed by atoms with van der Waals surface area (Å²) in [6.45, 7) is 3.77. The highest BCUT2D eigenvalue weighted by molar-refractivity contribution is 6.31. The van der Waals surface area contributed by atoms with E-state index in [1.807, 2.05) is 29.2 Å². The van der Waals surface area contributed by atoms with Crippen LogP contribution in [0, 0.1) is 5.41 Å². The van der Waals surface area contributed by atoms with Gasteiger partial charge in [-0.3, -0.25) is 9.59 Å². The highest BCUT2D eigenvalue weighted by Gasteiger charge is 2.47. The molecule has 9 heteroatoms. The zero-order chi connectivity index (χ0) is 23.4. The van der Waals surface area contributed by atoms with Gasteiger partial charge in [0.1, 0.15) is 5.69 Å². The normalized spacial score (nSPS) is 17.4. The molecule has 2 saturated heterocycles. The fraction of sp³-hybridized carbons (Fsp3) is 0.280. The van der Waals surface area contributed by atoms with Crippen molar-refractivity contribution in [1.29, 1.82) is 0 Å². The van der Waals surface area contributed by atoms with Gasteiger partial charge < -0.3 is 14.8 Å². The summed E-state index contributed by atoms with van der Waals surface area (Å²) in [6.07, 6.45) is 2.78. The van der Waals surface area contributed by atoms with Crippen molar-refractivity contribution >= 4 is 28.4 Å². The minimum Gasteiger partial charge on any atom is -0.338 e. The van der Waals surface area contributed by atoms with Gasteiger partial charge in [0.2, 0.25) is 0 Å². The number of H-pyrrole nitrogens is 1. The predicted molar refractivity (Wildman–Crippen MR) is 130 cm³/mol. The van der Waals surface area contributed by atoms with E-state index in [2.05, 4.69) is 27.2 Å². The van der Waals surface area contributed by atoms with Gasteiger partial charge in [-0.15, -0.1) is 5.10 Å². The maximum Gasteiger partial charge on any atom is 0.258 e. The quantitative estimate of drug-likeness (QED) is 0.492. The van der Waals surface area contributed by atoms with Gasteiger partial charge in [-0.1, -0.05) is 16.8 Å². The van der Waals surface area contributed by atoms with Crippen LogP contribution in [-0.4, -0.2) is 68.9 Å². The number of carbonyl (C=O) groups is 1.